The molecule has 0 aliphatic carbocycles. The predicted molar refractivity (Wildman–Crippen MR) is 91.7 cm³/mol. The molecular formula is C17H23N3O4S. The van der Waals surface area contributed by atoms with Crippen LogP contribution in [0.1, 0.15) is 23.1 Å². The smallest absolute Gasteiger partial charge is 0.191 e. The molecule has 0 radical (unpaired) electrons. The van der Waals surface area contributed by atoms with Crippen LogP contribution < -0.4 is 0 Å². The van der Waals surface area contributed by atoms with Crippen molar-refractivity contribution in [1.29, 1.82) is 0 Å². The van der Waals surface area contributed by atoms with Crippen molar-refractivity contribution >= 4 is 9.84 Å². The van der Waals surface area contributed by atoms with Crippen molar-refractivity contribution in [3.8, 4) is 0 Å². The summed E-state index contributed by atoms with van der Waals surface area (Å²) in [6.45, 7) is 6.64. The van der Waals surface area contributed by atoms with Crippen LogP contribution in [-0.2, 0) is 22.9 Å². The Kier molecular flexibility index (Phi) is 4.21. The number of aromatic nitrogens is 1. The van der Waals surface area contributed by atoms with Gasteiger partial charge in [0.2, 0.25) is 0 Å². The van der Waals surface area contributed by atoms with Gasteiger partial charge in [0.05, 0.1) is 23.7 Å². The fourth-order valence-electron chi connectivity index (χ4n) is 3.95. The number of oxazole rings is 1. The van der Waals surface area contributed by atoms with Crippen molar-refractivity contribution < 1.29 is 17.3 Å². The van der Waals surface area contributed by atoms with Crippen LogP contribution in [0.25, 0.3) is 0 Å². The highest BCUT2D eigenvalue weighted by atomic mass is 32.2. The van der Waals surface area contributed by atoms with Gasteiger partial charge in [0, 0.05) is 38.6 Å². The summed E-state index contributed by atoms with van der Waals surface area (Å²) in [4.78, 5) is 8.84. The molecule has 0 bridgehead atoms. The molecule has 0 unspecified atom stereocenters. The number of nitrogens with zero attached hydrogens (tertiary/aromatic N) is 3. The number of hydrogen-bond acceptors (Lipinski definition) is 7. The topological polar surface area (TPSA) is 79.8 Å². The maximum absolute atomic E-state index is 12.3. The molecule has 0 N–H and O–H groups in total. The minimum atomic E-state index is -3.03. The summed E-state index contributed by atoms with van der Waals surface area (Å²) in [5.74, 6) is 2.83. The second-order valence-corrected chi connectivity index (χ2v) is 9.18. The molecule has 4 rings (SSSR count). The van der Waals surface area contributed by atoms with Gasteiger partial charge in [-0.05, 0) is 19.1 Å². The van der Waals surface area contributed by atoms with Gasteiger partial charge in [0.25, 0.3) is 0 Å². The fourth-order valence-corrected chi connectivity index (χ4v) is 5.99. The maximum Gasteiger partial charge on any atom is 0.191 e. The van der Waals surface area contributed by atoms with Gasteiger partial charge in [-0.2, -0.15) is 0 Å². The lowest BCUT2D eigenvalue weighted by molar-refractivity contribution is 0.0309. The van der Waals surface area contributed by atoms with E-state index in [2.05, 4.69) is 14.8 Å². The standard InChI is InChI=1S/C17H23N3O4S/c1-12-3-4-15(24-12)8-20-6-5-19(7-14-9-23-13(2)18-14)16-10-25(21,22)11-17(16)20/h3-4,9,16-17H,5-8,10-11H2,1-2H3/t16-,17+/m1/s1. The van der Waals surface area contributed by atoms with Crippen molar-refractivity contribution in [3.63, 3.8) is 0 Å². The van der Waals surface area contributed by atoms with E-state index >= 15 is 0 Å². The van der Waals surface area contributed by atoms with Crippen LogP contribution in [-0.4, -0.2) is 59.9 Å². The number of fused-ring (bicyclic) bond motifs is 1. The van der Waals surface area contributed by atoms with E-state index in [4.69, 9.17) is 8.83 Å². The average Bonchev–Trinajstić information content (AvgIpc) is 3.21. The Morgan fingerprint density at radius 2 is 1.80 bits per heavy atom. The van der Waals surface area contributed by atoms with Crippen LogP contribution >= 0.6 is 0 Å². The highest BCUT2D eigenvalue weighted by Gasteiger charge is 2.46. The van der Waals surface area contributed by atoms with Crippen molar-refractivity contribution in [2.45, 2.75) is 39.0 Å². The molecule has 25 heavy (non-hydrogen) atoms. The molecule has 2 saturated heterocycles. The van der Waals surface area contributed by atoms with Gasteiger partial charge in [-0.3, -0.25) is 9.80 Å². The molecule has 2 aromatic rings. The van der Waals surface area contributed by atoms with E-state index in [1.165, 1.54) is 0 Å². The van der Waals surface area contributed by atoms with Gasteiger partial charge >= 0.3 is 0 Å². The first-order valence-electron chi connectivity index (χ1n) is 8.54. The van der Waals surface area contributed by atoms with E-state index in [0.717, 1.165) is 30.3 Å². The fraction of sp³-hybridized carbons (Fsp3) is 0.588. The zero-order valence-electron chi connectivity index (χ0n) is 14.5. The molecular weight excluding hydrogens is 342 g/mol. The SMILES string of the molecule is Cc1ccc(CN2CCN(Cc3coc(C)n3)[C@@H]3CS(=O)(=O)C[C@@H]32)o1. The zero-order chi connectivity index (χ0) is 17.6. The Hall–Kier alpha value is -1.64. The van der Waals surface area contributed by atoms with E-state index < -0.39 is 9.84 Å². The van der Waals surface area contributed by atoms with E-state index in [9.17, 15) is 8.42 Å². The molecule has 2 aliphatic rings. The van der Waals surface area contributed by atoms with Gasteiger partial charge in [0.1, 0.15) is 17.8 Å². The third-order valence-electron chi connectivity index (χ3n) is 5.09. The minimum absolute atomic E-state index is 0.00264. The van der Waals surface area contributed by atoms with Crippen LogP contribution in [0.2, 0.25) is 0 Å². The molecule has 0 saturated carbocycles. The van der Waals surface area contributed by atoms with Gasteiger partial charge in [-0.15, -0.1) is 0 Å². The van der Waals surface area contributed by atoms with E-state index in [1.807, 2.05) is 26.0 Å². The Labute approximate surface area is 147 Å². The van der Waals surface area contributed by atoms with Crippen LogP contribution in [0.5, 0.6) is 0 Å². The highest BCUT2D eigenvalue weighted by molar-refractivity contribution is 7.91. The lowest BCUT2D eigenvalue weighted by Crippen LogP contribution is -2.58. The number of rotatable bonds is 4. The van der Waals surface area contributed by atoms with Crippen LogP contribution in [0.3, 0.4) is 0 Å². The molecule has 2 aromatic heterocycles. The summed E-state index contributed by atoms with van der Waals surface area (Å²) in [6.07, 6.45) is 1.66. The van der Waals surface area contributed by atoms with Gasteiger partial charge < -0.3 is 8.83 Å². The second-order valence-electron chi connectivity index (χ2n) is 7.02. The number of hydrogen-bond donors (Lipinski definition) is 0. The summed E-state index contributed by atoms with van der Waals surface area (Å²) < 4.78 is 35.5. The Morgan fingerprint density at radius 1 is 1.12 bits per heavy atom. The average molecular weight is 365 g/mol. The molecule has 2 aliphatic heterocycles. The lowest BCUT2D eigenvalue weighted by atomic mass is 10.0. The zero-order valence-corrected chi connectivity index (χ0v) is 15.3. The molecule has 7 nitrogen and oxygen atoms in total. The van der Waals surface area contributed by atoms with Gasteiger partial charge in [-0.1, -0.05) is 0 Å². The molecule has 136 valence electrons. The minimum Gasteiger partial charge on any atom is -0.465 e. The lowest BCUT2D eigenvalue weighted by Gasteiger charge is -2.43. The first-order chi connectivity index (χ1) is 11.9. The number of aryl methyl sites for hydroxylation is 2. The Bertz CT molecular complexity index is 793. The van der Waals surface area contributed by atoms with Crippen molar-refractivity contribution in [1.82, 2.24) is 14.8 Å². The van der Waals surface area contributed by atoms with Gasteiger partial charge in [-0.25, -0.2) is 13.4 Å². The number of sulfone groups is 1. The van der Waals surface area contributed by atoms with Crippen molar-refractivity contribution in [2.75, 3.05) is 24.6 Å². The third kappa shape index (κ3) is 3.51. The highest BCUT2D eigenvalue weighted by Crippen LogP contribution is 2.29. The third-order valence-corrected chi connectivity index (χ3v) is 6.79. The van der Waals surface area contributed by atoms with E-state index in [1.54, 1.807) is 6.26 Å². The first-order valence-corrected chi connectivity index (χ1v) is 10.4. The number of furan rings is 1. The quantitative estimate of drug-likeness (QED) is 0.809. The first kappa shape index (κ1) is 16.8. The molecule has 2 atom stereocenters. The summed E-state index contributed by atoms with van der Waals surface area (Å²) in [6, 6.07) is 3.91. The monoisotopic (exact) mass is 365 g/mol. The molecule has 4 heterocycles. The maximum atomic E-state index is 12.3. The Balaban J connectivity index is 1.53. The second kappa shape index (κ2) is 6.26. The Morgan fingerprint density at radius 3 is 2.36 bits per heavy atom. The summed E-state index contributed by atoms with van der Waals surface area (Å²) in [5.41, 5.74) is 0.857. The van der Waals surface area contributed by atoms with Gasteiger partial charge in [0.15, 0.2) is 15.7 Å². The largest absolute Gasteiger partial charge is 0.465 e. The summed E-state index contributed by atoms with van der Waals surface area (Å²) in [7, 11) is -3.03. The molecule has 0 amide bonds. The molecule has 2 fully saturated rings. The van der Waals surface area contributed by atoms with E-state index in [-0.39, 0.29) is 23.6 Å². The van der Waals surface area contributed by atoms with E-state index in [0.29, 0.717) is 19.0 Å². The van der Waals surface area contributed by atoms with Crippen LogP contribution in [0.15, 0.2) is 27.2 Å². The van der Waals surface area contributed by atoms with Crippen LogP contribution in [0.4, 0.5) is 0 Å². The summed E-state index contributed by atoms with van der Waals surface area (Å²) in [5, 5.41) is 0. The van der Waals surface area contributed by atoms with Crippen molar-refractivity contribution in [2.24, 2.45) is 0 Å². The van der Waals surface area contributed by atoms with Crippen molar-refractivity contribution in [3.05, 3.63) is 41.5 Å². The molecule has 0 aromatic carbocycles. The number of piperazine rings is 1. The molecule has 0 spiro atoms. The van der Waals surface area contributed by atoms with Crippen LogP contribution in [0, 0.1) is 13.8 Å². The molecule has 8 heteroatoms. The predicted octanol–water partition coefficient (Wildman–Crippen LogP) is 1.37. The summed E-state index contributed by atoms with van der Waals surface area (Å²) >= 11 is 0. The normalized spacial score (nSPS) is 26.8.